The molecule has 31 heavy (non-hydrogen) atoms. The number of Topliss-reactive ketones (excluding diaryl/α,β-unsaturated/α-hetero) is 1. The number of aromatic nitrogens is 2. The Hall–Kier alpha value is -3.39. The van der Waals surface area contributed by atoms with Crippen LogP contribution in [-0.2, 0) is 4.79 Å². The zero-order valence-electron chi connectivity index (χ0n) is 17.2. The number of amides is 1. The van der Waals surface area contributed by atoms with E-state index in [1.54, 1.807) is 36.4 Å². The van der Waals surface area contributed by atoms with Crippen LogP contribution in [0.5, 0.6) is 0 Å². The number of likely N-dealkylation sites (tertiary alicyclic amines) is 1. The molecular formula is C23H23FN4O3. The molecule has 7 nitrogen and oxygen atoms in total. The minimum atomic E-state index is -0.356. The zero-order valence-corrected chi connectivity index (χ0v) is 17.2. The standard InChI is InChI=1S/C23H23FN4O3/c1-15(29)19-9-2-3-10-20(19)25-21(30)14-28-11-5-7-17(13-28)23-26-22(27-31-23)16-6-4-8-18(24)12-16/h2-4,6,8-10,12,17H,5,7,11,13-14H2,1H3,(H,25,30). The summed E-state index contributed by atoms with van der Waals surface area (Å²) >= 11 is 0. The first-order valence-electron chi connectivity index (χ1n) is 10.2. The van der Waals surface area contributed by atoms with Crippen molar-refractivity contribution in [1.29, 1.82) is 0 Å². The van der Waals surface area contributed by atoms with Crippen LogP contribution in [0.1, 0.15) is 41.9 Å². The number of nitrogens with zero attached hydrogens (tertiary/aromatic N) is 3. The third kappa shape index (κ3) is 5.03. The fourth-order valence-corrected chi connectivity index (χ4v) is 3.84. The third-order valence-electron chi connectivity index (χ3n) is 5.33. The molecule has 3 aromatic rings. The number of piperidine rings is 1. The fraction of sp³-hybridized carbons (Fsp3) is 0.304. The number of ketones is 1. The number of nitrogens with one attached hydrogen (secondary N) is 1. The molecule has 1 amide bonds. The van der Waals surface area contributed by atoms with Gasteiger partial charge >= 0.3 is 0 Å². The summed E-state index contributed by atoms with van der Waals surface area (Å²) in [6.45, 7) is 3.06. The van der Waals surface area contributed by atoms with E-state index in [4.69, 9.17) is 4.52 Å². The minimum absolute atomic E-state index is 0.000801. The number of halogens is 1. The number of benzene rings is 2. The summed E-state index contributed by atoms with van der Waals surface area (Å²) in [5, 5.41) is 6.82. The van der Waals surface area contributed by atoms with E-state index < -0.39 is 0 Å². The molecule has 0 radical (unpaired) electrons. The number of rotatable bonds is 6. The highest BCUT2D eigenvalue weighted by Crippen LogP contribution is 2.28. The van der Waals surface area contributed by atoms with Gasteiger partial charge in [0.05, 0.1) is 18.2 Å². The highest BCUT2D eigenvalue weighted by molar-refractivity contribution is 6.04. The molecule has 2 aromatic carbocycles. The molecule has 160 valence electrons. The highest BCUT2D eigenvalue weighted by atomic mass is 19.1. The Bertz CT molecular complexity index is 1100. The van der Waals surface area contributed by atoms with Crippen molar-refractivity contribution in [3.63, 3.8) is 0 Å². The Morgan fingerprint density at radius 3 is 2.87 bits per heavy atom. The lowest BCUT2D eigenvalue weighted by atomic mass is 9.98. The lowest BCUT2D eigenvalue weighted by molar-refractivity contribution is -0.117. The van der Waals surface area contributed by atoms with Crippen molar-refractivity contribution in [3.05, 3.63) is 65.8 Å². The number of hydrogen-bond donors (Lipinski definition) is 1. The van der Waals surface area contributed by atoms with Crippen LogP contribution in [0.3, 0.4) is 0 Å². The van der Waals surface area contributed by atoms with E-state index in [2.05, 4.69) is 15.5 Å². The summed E-state index contributed by atoms with van der Waals surface area (Å²) in [6.07, 6.45) is 1.76. The predicted molar refractivity (Wildman–Crippen MR) is 113 cm³/mol. The van der Waals surface area contributed by atoms with E-state index in [1.807, 2.05) is 4.90 Å². The van der Waals surface area contributed by atoms with E-state index in [0.29, 0.717) is 35.1 Å². The van der Waals surface area contributed by atoms with Crippen LogP contribution in [0.25, 0.3) is 11.4 Å². The summed E-state index contributed by atoms with van der Waals surface area (Å²) < 4.78 is 18.9. The maximum absolute atomic E-state index is 13.5. The Morgan fingerprint density at radius 2 is 2.06 bits per heavy atom. The maximum atomic E-state index is 13.5. The lowest BCUT2D eigenvalue weighted by Crippen LogP contribution is -2.40. The van der Waals surface area contributed by atoms with Gasteiger partial charge in [-0.2, -0.15) is 4.98 Å². The molecule has 1 unspecified atom stereocenters. The number of hydrogen-bond acceptors (Lipinski definition) is 6. The van der Waals surface area contributed by atoms with Crippen LogP contribution in [0.15, 0.2) is 53.1 Å². The molecule has 0 bridgehead atoms. The van der Waals surface area contributed by atoms with E-state index in [1.165, 1.54) is 19.1 Å². The topological polar surface area (TPSA) is 88.3 Å². The Morgan fingerprint density at radius 1 is 1.23 bits per heavy atom. The predicted octanol–water partition coefficient (Wildman–Crippen LogP) is 3.90. The van der Waals surface area contributed by atoms with Gasteiger partial charge in [0.15, 0.2) is 5.78 Å². The first-order valence-corrected chi connectivity index (χ1v) is 10.2. The third-order valence-corrected chi connectivity index (χ3v) is 5.33. The summed E-state index contributed by atoms with van der Waals surface area (Å²) in [7, 11) is 0. The second kappa shape index (κ2) is 9.18. The number of carbonyl (C=O) groups excluding carboxylic acids is 2. The summed E-state index contributed by atoms with van der Waals surface area (Å²) in [4.78, 5) is 30.8. The molecule has 1 atom stereocenters. The van der Waals surface area contributed by atoms with Gasteiger partial charge in [-0.3, -0.25) is 14.5 Å². The monoisotopic (exact) mass is 422 g/mol. The second-order valence-corrected chi connectivity index (χ2v) is 7.69. The van der Waals surface area contributed by atoms with E-state index in [-0.39, 0.29) is 30.0 Å². The average Bonchev–Trinajstić information content (AvgIpc) is 3.24. The smallest absolute Gasteiger partial charge is 0.238 e. The maximum Gasteiger partial charge on any atom is 0.238 e. The molecule has 1 aliphatic rings. The Labute approximate surface area is 179 Å². The fourth-order valence-electron chi connectivity index (χ4n) is 3.84. The van der Waals surface area contributed by atoms with Gasteiger partial charge in [-0.05, 0) is 50.6 Å². The molecule has 0 saturated carbocycles. The molecular weight excluding hydrogens is 399 g/mol. The van der Waals surface area contributed by atoms with Crippen LogP contribution in [0.4, 0.5) is 10.1 Å². The number of para-hydroxylation sites is 1. The molecule has 1 saturated heterocycles. The van der Waals surface area contributed by atoms with Gasteiger partial charge in [-0.25, -0.2) is 4.39 Å². The number of carbonyl (C=O) groups is 2. The molecule has 8 heteroatoms. The van der Waals surface area contributed by atoms with Crippen LogP contribution >= 0.6 is 0 Å². The average molecular weight is 422 g/mol. The lowest BCUT2D eigenvalue weighted by Gasteiger charge is -2.30. The molecule has 1 aliphatic heterocycles. The van der Waals surface area contributed by atoms with Crippen molar-refractivity contribution in [1.82, 2.24) is 15.0 Å². The molecule has 0 aliphatic carbocycles. The second-order valence-electron chi connectivity index (χ2n) is 7.69. The van der Waals surface area contributed by atoms with Gasteiger partial charge < -0.3 is 9.84 Å². The highest BCUT2D eigenvalue weighted by Gasteiger charge is 2.27. The molecule has 1 N–H and O–H groups in total. The van der Waals surface area contributed by atoms with Crippen LogP contribution < -0.4 is 5.32 Å². The van der Waals surface area contributed by atoms with Crippen LogP contribution in [0.2, 0.25) is 0 Å². The van der Waals surface area contributed by atoms with Gasteiger partial charge in [0.1, 0.15) is 5.82 Å². The summed E-state index contributed by atoms with van der Waals surface area (Å²) in [5.41, 5.74) is 1.57. The van der Waals surface area contributed by atoms with Crippen LogP contribution in [0, 0.1) is 5.82 Å². The molecule has 4 rings (SSSR count). The zero-order chi connectivity index (χ0) is 21.8. The van der Waals surface area contributed by atoms with Gasteiger partial charge in [-0.15, -0.1) is 0 Å². The van der Waals surface area contributed by atoms with Gasteiger partial charge in [0, 0.05) is 17.7 Å². The van der Waals surface area contributed by atoms with Crippen molar-refractivity contribution in [2.45, 2.75) is 25.7 Å². The largest absolute Gasteiger partial charge is 0.339 e. The van der Waals surface area contributed by atoms with Crippen molar-refractivity contribution < 1.29 is 18.5 Å². The summed E-state index contributed by atoms with van der Waals surface area (Å²) in [6, 6.07) is 13.0. The Kier molecular flexibility index (Phi) is 6.18. The van der Waals surface area contributed by atoms with Crippen LogP contribution in [-0.4, -0.2) is 46.4 Å². The van der Waals surface area contributed by atoms with E-state index in [0.717, 1.165) is 19.4 Å². The molecule has 0 spiro atoms. The molecule has 2 heterocycles. The quantitative estimate of drug-likeness (QED) is 0.606. The number of anilines is 1. The van der Waals surface area contributed by atoms with Crippen molar-refractivity contribution in [2.24, 2.45) is 0 Å². The van der Waals surface area contributed by atoms with Gasteiger partial charge in [0.2, 0.25) is 17.6 Å². The van der Waals surface area contributed by atoms with Crippen molar-refractivity contribution >= 4 is 17.4 Å². The van der Waals surface area contributed by atoms with E-state index >= 15 is 0 Å². The first kappa shape index (κ1) is 20.9. The summed E-state index contributed by atoms with van der Waals surface area (Å²) in [5.74, 6) is 0.210. The Balaban J connectivity index is 1.39. The molecule has 1 aromatic heterocycles. The molecule has 1 fully saturated rings. The van der Waals surface area contributed by atoms with Gasteiger partial charge in [-0.1, -0.05) is 29.4 Å². The van der Waals surface area contributed by atoms with Crippen molar-refractivity contribution in [3.8, 4) is 11.4 Å². The van der Waals surface area contributed by atoms with Crippen molar-refractivity contribution in [2.75, 3.05) is 25.0 Å². The minimum Gasteiger partial charge on any atom is -0.339 e. The normalized spacial score (nSPS) is 16.8. The van der Waals surface area contributed by atoms with Gasteiger partial charge in [0.25, 0.3) is 0 Å². The van der Waals surface area contributed by atoms with E-state index in [9.17, 15) is 14.0 Å². The SMILES string of the molecule is CC(=O)c1ccccc1NC(=O)CN1CCCC(c2nc(-c3cccc(F)c3)no2)C1. The first-order chi connectivity index (χ1) is 15.0.